The van der Waals surface area contributed by atoms with Crippen LogP contribution in [0.15, 0.2) is 27.8 Å². The maximum absolute atomic E-state index is 12.3. The van der Waals surface area contributed by atoms with Crippen LogP contribution in [0.2, 0.25) is 10.0 Å². The minimum Gasteiger partial charge on any atom is -0.416 e. The predicted octanol–water partition coefficient (Wildman–Crippen LogP) is 5.54. The van der Waals surface area contributed by atoms with Crippen molar-refractivity contribution in [2.75, 3.05) is 5.32 Å². The highest BCUT2D eigenvalue weighted by atomic mass is 35.5. The monoisotopic (exact) mass is 399 g/mol. The van der Waals surface area contributed by atoms with Crippen LogP contribution in [0, 0.1) is 0 Å². The average molecular weight is 400 g/mol. The number of amides is 1. The van der Waals surface area contributed by atoms with Crippen molar-refractivity contribution in [2.24, 2.45) is 0 Å². The van der Waals surface area contributed by atoms with Gasteiger partial charge in [-0.05, 0) is 38.0 Å². The van der Waals surface area contributed by atoms with Gasteiger partial charge >= 0.3 is 0 Å². The van der Waals surface area contributed by atoms with Crippen molar-refractivity contribution in [2.45, 2.75) is 55.4 Å². The Bertz CT molecular complexity index is 747. The number of nitrogens with zero attached hydrogens (tertiary/aromatic N) is 2. The molecule has 3 rings (SSSR count). The second kappa shape index (κ2) is 8.43. The molecule has 1 aliphatic rings. The van der Waals surface area contributed by atoms with Crippen LogP contribution in [0.3, 0.4) is 0 Å². The molecule has 1 atom stereocenters. The van der Waals surface area contributed by atoms with E-state index in [2.05, 4.69) is 15.5 Å². The zero-order chi connectivity index (χ0) is 17.8. The lowest BCUT2D eigenvalue weighted by Gasteiger charge is -2.17. The molecule has 1 saturated carbocycles. The predicted molar refractivity (Wildman–Crippen MR) is 101 cm³/mol. The van der Waals surface area contributed by atoms with Gasteiger partial charge in [0.05, 0.1) is 16.0 Å². The summed E-state index contributed by atoms with van der Waals surface area (Å²) in [7, 11) is 0. The molecule has 0 unspecified atom stereocenters. The van der Waals surface area contributed by atoms with Gasteiger partial charge in [0, 0.05) is 10.9 Å². The summed E-state index contributed by atoms with van der Waals surface area (Å²) in [5, 5.41) is 12.0. The van der Waals surface area contributed by atoms with Crippen molar-refractivity contribution in [3.8, 4) is 0 Å². The highest BCUT2D eigenvalue weighted by Crippen LogP contribution is 2.34. The molecule has 1 amide bonds. The molecule has 1 aliphatic carbocycles. The van der Waals surface area contributed by atoms with Gasteiger partial charge in [0.25, 0.3) is 5.22 Å². The van der Waals surface area contributed by atoms with E-state index in [1.54, 1.807) is 25.1 Å². The number of rotatable bonds is 5. The fourth-order valence-corrected chi connectivity index (χ4v) is 3.96. The van der Waals surface area contributed by atoms with Gasteiger partial charge in [0.2, 0.25) is 11.8 Å². The summed E-state index contributed by atoms with van der Waals surface area (Å²) in [6, 6.07) is 4.94. The third-order valence-corrected chi connectivity index (χ3v) is 5.69. The number of carbonyl (C=O) groups is 1. The van der Waals surface area contributed by atoms with Crippen LogP contribution in [0.5, 0.6) is 0 Å². The molecule has 0 spiro atoms. The summed E-state index contributed by atoms with van der Waals surface area (Å²) in [5.74, 6) is 0.856. The van der Waals surface area contributed by atoms with E-state index >= 15 is 0 Å². The third-order valence-electron chi connectivity index (χ3n) is 4.21. The molecule has 8 heteroatoms. The van der Waals surface area contributed by atoms with Gasteiger partial charge in [-0.15, -0.1) is 10.2 Å². The maximum Gasteiger partial charge on any atom is 0.277 e. The molecule has 0 radical (unpaired) electrons. The molecule has 2 aromatic rings. The standard InChI is InChI=1S/C17H19Cl2N3O2S/c1-10(15(23)20-14-8-7-12(18)9-13(14)19)25-17-22-21-16(24-17)11-5-3-2-4-6-11/h7-11H,2-6H2,1H3,(H,20,23)/t10-/m0/s1. The number of hydrogen-bond acceptors (Lipinski definition) is 5. The Kier molecular flexibility index (Phi) is 6.25. The number of thioether (sulfide) groups is 1. The number of nitrogens with one attached hydrogen (secondary N) is 1. The molecule has 1 N–H and O–H groups in total. The van der Waals surface area contributed by atoms with Crippen molar-refractivity contribution in [3.63, 3.8) is 0 Å². The summed E-state index contributed by atoms with van der Waals surface area (Å²) in [4.78, 5) is 12.3. The maximum atomic E-state index is 12.3. The fraction of sp³-hybridized carbons (Fsp3) is 0.471. The topological polar surface area (TPSA) is 68.0 Å². The van der Waals surface area contributed by atoms with Gasteiger partial charge in [0.15, 0.2) is 0 Å². The minimum absolute atomic E-state index is 0.188. The van der Waals surface area contributed by atoms with E-state index in [1.165, 1.54) is 31.0 Å². The zero-order valence-corrected chi connectivity index (χ0v) is 16.1. The summed E-state index contributed by atoms with van der Waals surface area (Å²) in [6.45, 7) is 1.79. The van der Waals surface area contributed by atoms with Gasteiger partial charge < -0.3 is 9.73 Å². The average Bonchev–Trinajstić information content (AvgIpc) is 3.06. The molecule has 5 nitrogen and oxygen atoms in total. The number of hydrogen-bond donors (Lipinski definition) is 1. The summed E-state index contributed by atoms with van der Waals surface area (Å²) in [5.41, 5.74) is 0.525. The second-order valence-electron chi connectivity index (χ2n) is 6.11. The fourth-order valence-electron chi connectivity index (χ4n) is 2.81. The smallest absolute Gasteiger partial charge is 0.277 e. The van der Waals surface area contributed by atoms with Crippen LogP contribution in [-0.4, -0.2) is 21.4 Å². The van der Waals surface area contributed by atoms with E-state index in [-0.39, 0.29) is 5.91 Å². The Morgan fingerprint density at radius 1 is 1.28 bits per heavy atom. The number of halogens is 2. The molecule has 0 bridgehead atoms. The van der Waals surface area contributed by atoms with Crippen LogP contribution in [0.4, 0.5) is 5.69 Å². The minimum atomic E-state index is -0.397. The van der Waals surface area contributed by atoms with Crippen LogP contribution in [-0.2, 0) is 4.79 Å². The first-order valence-electron chi connectivity index (χ1n) is 8.29. The molecular formula is C17H19Cl2N3O2S. The normalized spacial score (nSPS) is 16.6. The number of benzene rings is 1. The number of carbonyl (C=O) groups excluding carboxylic acids is 1. The van der Waals surface area contributed by atoms with Crippen LogP contribution < -0.4 is 5.32 Å². The Hall–Kier alpha value is -1.24. The largest absolute Gasteiger partial charge is 0.416 e. The van der Waals surface area contributed by atoms with Crippen molar-refractivity contribution >= 4 is 46.6 Å². The molecule has 1 aromatic carbocycles. The van der Waals surface area contributed by atoms with Crippen molar-refractivity contribution < 1.29 is 9.21 Å². The van der Waals surface area contributed by atoms with Gasteiger partial charge in [-0.3, -0.25) is 4.79 Å². The van der Waals surface area contributed by atoms with E-state index in [0.29, 0.717) is 32.8 Å². The van der Waals surface area contributed by atoms with E-state index in [0.717, 1.165) is 12.8 Å². The molecule has 1 aromatic heterocycles. The van der Waals surface area contributed by atoms with Crippen molar-refractivity contribution in [1.29, 1.82) is 0 Å². The first kappa shape index (κ1) is 18.5. The van der Waals surface area contributed by atoms with Gasteiger partial charge in [-0.2, -0.15) is 0 Å². The molecule has 1 fully saturated rings. The Labute approximate surface area is 160 Å². The van der Waals surface area contributed by atoms with Gasteiger partial charge in [-0.25, -0.2) is 0 Å². The highest BCUT2D eigenvalue weighted by Gasteiger charge is 2.23. The Morgan fingerprint density at radius 2 is 2.04 bits per heavy atom. The summed E-state index contributed by atoms with van der Waals surface area (Å²) >= 11 is 13.2. The lowest BCUT2D eigenvalue weighted by atomic mass is 9.89. The van der Waals surface area contributed by atoms with E-state index in [9.17, 15) is 4.79 Å². The Balaban J connectivity index is 1.58. The van der Waals surface area contributed by atoms with Crippen LogP contribution in [0.1, 0.15) is 50.8 Å². The van der Waals surface area contributed by atoms with Crippen molar-refractivity contribution in [3.05, 3.63) is 34.1 Å². The summed E-state index contributed by atoms with van der Waals surface area (Å²) < 4.78 is 5.75. The number of anilines is 1. The van der Waals surface area contributed by atoms with Gasteiger partial charge in [0.1, 0.15) is 0 Å². The van der Waals surface area contributed by atoms with E-state index in [1.807, 2.05) is 0 Å². The third kappa shape index (κ3) is 4.90. The first-order valence-corrected chi connectivity index (χ1v) is 9.92. The van der Waals surface area contributed by atoms with Gasteiger partial charge in [-0.1, -0.05) is 54.2 Å². The molecule has 25 heavy (non-hydrogen) atoms. The molecule has 0 saturated heterocycles. The quantitative estimate of drug-likeness (QED) is 0.667. The molecule has 1 heterocycles. The zero-order valence-electron chi connectivity index (χ0n) is 13.8. The first-order chi connectivity index (χ1) is 12.0. The van der Waals surface area contributed by atoms with E-state index in [4.69, 9.17) is 27.6 Å². The second-order valence-corrected chi connectivity index (χ2v) is 8.25. The highest BCUT2D eigenvalue weighted by molar-refractivity contribution is 8.00. The molecule has 0 aliphatic heterocycles. The lowest BCUT2D eigenvalue weighted by Crippen LogP contribution is -2.22. The number of aromatic nitrogens is 2. The van der Waals surface area contributed by atoms with Crippen LogP contribution in [0.25, 0.3) is 0 Å². The molecular weight excluding hydrogens is 381 g/mol. The van der Waals surface area contributed by atoms with E-state index < -0.39 is 5.25 Å². The van der Waals surface area contributed by atoms with Crippen LogP contribution >= 0.6 is 35.0 Å². The molecule has 134 valence electrons. The summed E-state index contributed by atoms with van der Waals surface area (Å²) in [6.07, 6.45) is 5.87. The Morgan fingerprint density at radius 3 is 2.76 bits per heavy atom. The lowest BCUT2D eigenvalue weighted by molar-refractivity contribution is -0.115. The SMILES string of the molecule is C[C@H](Sc1nnc(C2CCCCC2)o1)C(=O)Nc1ccc(Cl)cc1Cl. The van der Waals surface area contributed by atoms with Crippen molar-refractivity contribution in [1.82, 2.24) is 10.2 Å².